The Balaban J connectivity index is 4.54. The molecule has 1 atom stereocenters. The van der Waals surface area contributed by atoms with Crippen molar-refractivity contribution in [2.75, 3.05) is 13.2 Å². The van der Waals surface area contributed by atoms with Crippen molar-refractivity contribution in [2.45, 2.75) is 232 Å². The Morgan fingerprint density at radius 1 is 0.323 bits per heavy atom. The second-order valence-corrected chi connectivity index (χ2v) is 17.1. The fourth-order valence-corrected chi connectivity index (χ4v) is 6.84. The topological polar surface area (TPSA) is 78.9 Å². The van der Waals surface area contributed by atoms with E-state index in [0.717, 1.165) is 77.0 Å². The number of carbonyl (C=O) groups is 3. The first-order valence-electron chi connectivity index (χ1n) is 26.4. The highest BCUT2D eigenvalue weighted by Gasteiger charge is 2.19. The first-order chi connectivity index (χ1) is 32.0. The normalized spacial score (nSPS) is 13.0. The van der Waals surface area contributed by atoms with Gasteiger partial charge in [-0.05, 0) is 89.9 Å². The van der Waals surface area contributed by atoms with E-state index < -0.39 is 6.10 Å². The largest absolute Gasteiger partial charge is 0.462 e. The van der Waals surface area contributed by atoms with Crippen LogP contribution in [0.4, 0.5) is 0 Å². The summed E-state index contributed by atoms with van der Waals surface area (Å²) in [6.07, 6.45) is 70.9. The zero-order valence-corrected chi connectivity index (χ0v) is 42.0. The molecule has 0 heterocycles. The van der Waals surface area contributed by atoms with Gasteiger partial charge >= 0.3 is 17.9 Å². The van der Waals surface area contributed by atoms with Gasteiger partial charge in [-0.15, -0.1) is 0 Å². The lowest BCUT2D eigenvalue weighted by Gasteiger charge is -2.18. The molecule has 0 aliphatic carbocycles. The van der Waals surface area contributed by atoms with Crippen molar-refractivity contribution in [1.29, 1.82) is 0 Å². The predicted octanol–water partition coefficient (Wildman–Crippen LogP) is 17.5. The smallest absolute Gasteiger partial charge is 0.306 e. The van der Waals surface area contributed by atoms with Gasteiger partial charge in [0.2, 0.25) is 0 Å². The highest BCUT2D eigenvalue weighted by Crippen LogP contribution is 2.13. The minimum absolute atomic E-state index is 0.128. The van der Waals surface area contributed by atoms with E-state index >= 15 is 0 Å². The molecule has 6 nitrogen and oxygen atoms in total. The van der Waals surface area contributed by atoms with Crippen LogP contribution in [0.25, 0.3) is 0 Å². The Morgan fingerprint density at radius 2 is 0.646 bits per heavy atom. The summed E-state index contributed by atoms with van der Waals surface area (Å²) in [5.74, 6) is -1.07. The molecule has 0 rings (SSSR count). The summed E-state index contributed by atoms with van der Waals surface area (Å²) in [4.78, 5) is 37.9. The number of hydrogen-bond donors (Lipinski definition) is 0. The van der Waals surface area contributed by atoms with Crippen LogP contribution in [-0.2, 0) is 28.6 Å². The summed E-state index contributed by atoms with van der Waals surface area (Å²) in [7, 11) is 0. The number of hydrogen-bond acceptors (Lipinski definition) is 6. The van der Waals surface area contributed by atoms with Crippen molar-refractivity contribution in [3.05, 3.63) is 109 Å². The van der Waals surface area contributed by atoms with E-state index in [1.165, 1.54) is 96.3 Å². The minimum atomic E-state index is -0.828. The van der Waals surface area contributed by atoms with Gasteiger partial charge in [0.1, 0.15) is 13.2 Å². The molecular formula is C59H96O6. The summed E-state index contributed by atoms with van der Waals surface area (Å²) < 4.78 is 16.7. The van der Waals surface area contributed by atoms with Gasteiger partial charge < -0.3 is 14.2 Å². The van der Waals surface area contributed by atoms with Crippen LogP contribution in [0.2, 0.25) is 0 Å². The average molecular weight is 901 g/mol. The average Bonchev–Trinajstić information content (AvgIpc) is 3.30. The molecule has 0 amide bonds. The third-order valence-corrected chi connectivity index (χ3v) is 10.8. The van der Waals surface area contributed by atoms with E-state index in [2.05, 4.69) is 118 Å². The van der Waals surface area contributed by atoms with Gasteiger partial charge in [-0.25, -0.2) is 0 Å². The first kappa shape index (κ1) is 61.1. The molecule has 0 N–H and O–H groups in total. The molecule has 0 fully saturated rings. The van der Waals surface area contributed by atoms with E-state index in [1.807, 2.05) is 12.2 Å². The molecule has 368 valence electrons. The fraction of sp³-hybridized carbons (Fsp3) is 0.644. The number of esters is 3. The minimum Gasteiger partial charge on any atom is -0.462 e. The van der Waals surface area contributed by atoms with Crippen LogP contribution in [-0.4, -0.2) is 37.2 Å². The van der Waals surface area contributed by atoms with Gasteiger partial charge in [-0.3, -0.25) is 14.4 Å². The third-order valence-electron chi connectivity index (χ3n) is 10.8. The lowest BCUT2D eigenvalue weighted by Crippen LogP contribution is -2.30. The molecule has 0 spiro atoms. The molecule has 0 saturated carbocycles. The highest BCUT2D eigenvalue weighted by molar-refractivity contribution is 5.71. The Morgan fingerprint density at radius 3 is 1.08 bits per heavy atom. The second kappa shape index (κ2) is 52.7. The van der Waals surface area contributed by atoms with Gasteiger partial charge in [0.25, 0.3) is 0 Å². The van der Waals surface area contributed by atoms with Crippen molar-refractivity contribution in [1.82, 2.24) is 0 Å². The third kappa shape index (κ3) is 50.9. The van der Waals surface area contributed by atoms with Gasteiger partial charge in [-0.1, -0.05) is 226 Å². The molecule has 6 heteroatoms. The molecule has 0 aromatic heterocycles. The van der Waals surface area contributed by atoms with Crippen molar-refractivity contribution in [2.24, 2.45) is 0 Å². The SMILES string of the molecule is CC/C=C\C/C=C\C/C=C\C/C=C\C/C=C\C/C=C\CCC(=O)OC[C@H](COC(=O)CCC/C=C\C/C=C\C/C=C\CCCCCCCC)OC(=O)CCCCCCCCCCCCC. The van der Waals surface area contributed by atoms with Crippen LogP contribution in [0.5, 0.6) is 0 Å². The molecule has 0 unspecified atom stereocenters. The van der Waals surface area contributed by atoms with Crippen molar-refractivity contribution in [3.63, 3.8) is 0 Å². The molecule has 0 aliphatic heterocycles. The van der Waals surface area contributed by atoms with Crippen LogP contribution in [0, 0.1) is 0 Å². The number of unbranched alkanes of at least 4 members (excludes halogenated alkanes) is 17. The van der Waals surface area contributed by atoms with E-state index in [9.17, 15) is 14.4 Å². The van der Waals surface area contributed by atoms with Crippen LogP contribution < -0.4 is 0 Å². The molecule has 0 bridgehead atoms. The number of allylic oxidation sites excluding steroid dienone is 18. The van der Waals surface area contributed by atoms with E-state index in [0.29, 0.717) is 19.3 Å². The second-order valence-electron chi connectivity index (χ2n) is 17.1. The summed E-state index contributed by atoms with van der Waals surface area (Å²) >= 11 is 0. The molecule has 65 heavy (non-hydrogen) atoms. The fourth-order valence-electron chi connectivity index (χ4n) is 6.84. The van der Waals surface area contributed by atoms with Crippen LogP contribution in [0.1, 0.15) is 226 Å². The highest BCUT2D eigenvalue weighted by atomic mass is 16.6. The van der Waals surface area contributed by atoms with Crippen molar-refractivity contribution >= 4 is 17.9 Å². The summed E-state index contributed by atoms with van der Waals surface area (Å²) in [5.41, 5.74) is 0. The number of rotatable bonds is 46. The van der Waals surface area contributed by atoms with Crippen LogP contribution in [0.3, 0.4) is 0 Å². The summed E-state index contributed by atoms with van der Waals surface area (Å²) in [5, 5.41) is 0. The maximum absolute atomic E-state index is 12.8. The van der Waals surface area contributed by atoms with Gasteiger partial charge in [0.05, 0.1) is 0 Å². The quantitative estimate of drug-likeness (QED) is 0.0262. The maximum Gasteiger partial charge on any atom is 0.306 e. The zero-order valence-electron chi connectivity index (χ0n) is 42.0. The molecule has 0 aliphatic rings. The molecule has 0 aromatic carbocycles. The van der Waals surface area contributed by atoms with Crippen molar-refractivity contribution in [3.8, 4) is 0 Å². The maximum atomic E-state index is 12.8. The Bertz CT molecular complexity index is 1360. The molecule has 0 aromatic rings. The summed E-state index contributed by atoms with van der Waals surface area (Å²) in [6, 6.07) is 0. The van der Waals surface area contributed by atoms with Crippen LogP contribution >= 0.6 is 0 Å². The van der Waals surface area contributed by atoms with E-state index in [-0.39, 0.29) is 44.0 Å². The Hall–Kier alpha value is -3.93. The van der Waals surface area contributed by atoms with E-state index in [1.54, 1.807) is 0 Å². The first-order valence-corrected chi connectivity index (χ1v) is 26.4. The predicted molar refractivity (Wildman–Crippen MR) is 279 cm³/mol. The Kier molecular flexibility index (Phi) is 49.5. The lowest BCUT2D eigenvalue weighted by molar-refractivity contribution is -0.166. The Labute approximate surface area is 400 Å². The van der Waals surface area contributed by atoms with E-state index in [4.69, 9.17) is 14.2 Å². The van der Waals surface area contributed by atoms with Gasteiger partial charge in [0.15, 0.2) is 6.10 Å². The number of ether oxygens (including phenoxy) is 3. The standard InChI is InChI=1S/C59H96O6/c1-4-7-10-13-16-19-22-24-26-28-29-31-33-35-38-40-43-46-49-52-58(61)64-55-56(65-59(62)53-50-47-44-41-36-21-18-15-12-9-6-3)54-63-57(60)51-48-45-42-39-37-34-32-30-27-25-23-20-17-14-11-8-5-2/h7,10,16,19,24-27,29,31-32,34-35,38-39,42-43,46,56H,4-6,8-9,11-15,17-18,20-23,28,30,33,36-37,40-41,44-45,47-55H2,1-3H3/b10-7-,19-16-,26-24-,27-25-,31-29-,34-32-,38-35-,42-39-,46-43-/t56-/m0/s1. The monoisotopic (exact) mass is 901 g/mol. The lowest BCUT2D eigenvalue weighted by atomic mass is 10.1. The van der Waals surface area contributed by atoms with Crippen LogP contribution in [0.15, 0.2) is 109 Å². The van der Waals surface area contributed by atoms with Crippen molar-refractivity contribution < 1.29 is 28.6 Å². The summed E-state index contributed by atoms with van der Waals surface area (Å²) in [6.45, 7) is 6.39. The molecule has 0 saturated heterocycles. The zero-order chi connectivity index (χ0) is 47.2. The molecular weight excluding hydrogens is 805 g/mol. The van der Waals surface area contributed by atoms with Gasteiger partial charge in [-0.2, -0.15) is 0 Å². The molecule has 0 radical (unpaired) electrons. The van der Waals surface area contributed by atoms with Gasteiger partial charge in [0, 0.05) is 19.3 Å². The number of carbonyl (C=O) groups excluding carboxylic acids is 3.